The molecule has 0 aliphatic carbocycles. The third-order valence-electron chi connectivity index (χ3n) is 6.14. The number of piperazine rings is 1. The quantitative estimate of drug-likeness (QED) is 0.0808. The molecule has 0 radical (unpaired) electrons. The fourth-order valence-electron chi connectivity index (χ4n) is 3.87. The molecular weight excluding hydrogens is 561 g/mol. The van der Waals surface area contributed by atoms with Crippen molar-refractivity contribution < 1.29 is 9.13 Å². The van der Waals surface area contributed by atoms with Crippen LogP contribution in [0.3, 0.4) is 0 Å². The second-order valence-electron chi connectivity index (χ2n) is 9.42. The fraction of sp³-hybridized carbons (Fsp3) is 0.514. The second-order valence-corrected chi connectivity index (χ2v) is 9.79. The molecule has 1 aromatic rings. The molecule has 1 aromatic carbocycles. The summed E-state index contributed by atoms with van der Waals surface area (Å²) in [7, 11) is 3.43. The monoisotopic (exact) mass is 619 g/mol. The van der Waals surface area contributed by atoms with Crippen LogP contribution in [0.5, 0.6) is 0 Å². The van der Waals surface area contributed by atoms with E-state index in [4.69, 9.17) is 22.1 Å². The molecular formula is C35H59ClFN5O. The summed E-state index contributed by atoms with van der Waals surface area (Å²) < 4.78 is 20.1. The number of allylic oxidation sites excluding steroid dienone is 9. The summed E-state index contributed by atoms with van der Waals surface area (Å²) in [5.41, 5.74) is 9.71. The molecule has 1 fully saturated rings. The van der Waals surface area contributed by atoms with E-state index in [1.54, 1.807) is 33.3 Å². The average molecular weight is 620 g/mol. The Hall–Kier alpha value is -2.71. The van der Waals surface area contributed by atoms with Crippen LogP contribution in [-0.4, -0.2) is 57.9 Å². The first-order valence-corrected chi connectivity index (χ1v) is 15.7. The number of hydrogen-bond acceptors (Lipinski definition) is 6. The van der Waals surface area contributed by atoms with Gasteiger partial charge in [-0.15, -0.1) is 0 Å². The summed E-state index contributed by atoms with van der Waals surface area (Å²) in [4.78, 5) is 6.60. The SMILES string of the molecule is C/C=C\C.CC.CC=CC(=C\C(OC(NC)c1c(C)ccc(F)c1Cl)=C(/C)N)/C(C=NC)=C/C.CCCN1CCNCC1. The minimum absolute atomic E-state index is 0.0262. The number of ether oxygens (including phenoxy) is 1. The van der Waals surface area contributed by atoms with Crippen LogP contribution in [0.4, 0.5) is 4.39 Å². The highest BCUT2D eigenvalue weighted by molar-refractivity contribution is 6.31. The van der Waals surface area contributed by atoms with E-state index < -0.39 is 12.0 Å². The minimum Gasteiger partial charge on any atom is -0.469 e. The van der Waals surface area contributed by atoms with Crippen molar-refractivity contribution in [3.63, 3.8) is 0 Å². The Morgan fingerprint density at radius 1 is 1.14 bits per heavy atom. The second kappa shape index (κ2) is 26.9. The molecule has 1 unspecified atom stereocenters. The molecule has 244 valence electrons. The zero-order chi connectivity index (χ0) is 33.2. The smallest absolute Gasteiger partial charge is 0.178 e. The van der Waals surface area contributed by atoms with E-state index in [1.165, 1.54) is 45.2 Å². The van der Waals surface area contributed by atoms with Crippen LogP contribution in [0.2, 0.25) is 5.02 Å². The number of rotatable bonds is 10. The fourth-order valence-corrected chi connectivity index (χ4v) is 4.18. The van der Waals surface area contributed by atoms with Crippen LogP contribution in [0.1, 0.15) is 79.2 Å². The Morgan fingerprint density at radius 2 is 1.74 bits per heavy atom. The van der Waals surface area contributed by atoms with Crippen LogP contribution in [0.15, 0.2) is 76.2 Å². The van der Waals surface area contributed by atoms with Gasteiger partial charge in [-0.2, -0.15) is 0 Å². The van der Waals surface area contributed by atoms with Crippen LogP contribution < -0.4 is 16.4 Å². The van der Waals surface area contributed by atoms with Gasteiger partial charge >= 0.3 is 0 Å². The summed E-state index contributed by atoms with van der Waals surface area (Å²) in [6.07, 6.45) is 14.0. The molecule has 1 aliphatic rings. The molecule has 8 heteroatoms. The van der Waals surface area contributed by atoms with Crippen molar-refractivity contribution in [3.05, 3.63) is 93.2 Å². The Kier molecular flexibility index (Phi) is 26.5. The molecule has 0 aromatic heterocycles. The first-order chi connectivity index (χ1) is 20.6. The predicted octanol–water partition coefficient (Wildman–Crippen LogP) is 8.27. The van der Waals surface area contributed by atoms with E-state index in [2.05, 4.69) is 27.4 Å². The third-order valence-corrected chi connectivity index (χ3v) is 6.52. The zero-order valence-corrected chi connectivity index (χ0v) is 29.4. The topological polar surface area (TPSA) is 74.9 Å². The summed E-state index contributed by atoms with van der Waals surface area (Å²) in [6, 6.07) is 3.00. The van der Waals surface area contributed by atoms with Gasteiger partial charge in [-0.3, -0.25) is 10.3 Å². The highest BCUT2D eigenvalue weighted by Gasteiger charge is 2.21. The van der Waals surface area contributed by atoms with E-state index in [0.717, 1.165) is 16.7 Å². The maximum Gasteiger partial charge on any atom is 0.178 e. The van der Waals surface area contributed by atoms with Crippen molar-refractivity contribution in [1.82, 2.24) is 15.5 Å². The Balaban J connectivity index is 0. The number of halogens is 2. The molecule has 0 amide bonds. The molecule has 0 spiro atoms. The molecule has 1 saturated heterocycles. The molecule has 6 nitrogen and oxygen atoms in total. The van der Waals surface area contributed by atoms with Crippen LogP contribution in [0.25, 0.3) is 0 Å². The van der Waals surface area contributed by atoms with Gasteiger partial charge in [-0.25, -0.2) is 4.39 Å². The Bertz CT molecular complexity index is 1060. The number of aryl methyl sites for hydroxylation is 1. The van der Waals surface area contributed by atoms with Gasteiger partial charge in [0.1, 0.15) is 11.6 Å². The molecule has 43 heavy (non-hydrogen) atoms. The standard InChI is InChI=1S/C22H29ClFN3O.C7H16N2.C4H8.C2H6/c1-7-9-17(16(8-2)13-26-5)12-19(15(4)25)28-22(27-6)20-14(3)10-11-18(24)21(20)23;1-2-5-9-6-3-8-4-7-9;1-3-4-2;1-2/h7-13,22,27H,25H2,1-6H3;8H,2-7H2,1H3;3-4H,1-2H3;1-2H3/b9-7?,16-8+,17-12+,19-15-,26-13?;;4-3-;. The van der Waals surface area contributed by atoms with Crippen molar-refractivity contribution in [2.75, 3.05) is 46.8 Å². The van der Waals surface area contributed by atoms with Crippen molar-refractivity contribution >= 4 is 17.8 Å². The minimum atomic E-state index is -0.672. The van der Waals surface area contributed by atoms with E-state index >= 15 is 0 Å². The van der Waals surface area contributed by atoms with Crippen molar-refractivity contribution in [2.24, 2.45) is 10.7 Å². The van der Waals surface area contributed by atoms with Gasteiger partial charge in [-0.1, -0.05) is 68.8 Å². The predicted molar refractivity (Wildman–Crippen MR) is 188 cm³/mol. The summed E-state index contributed by atoms with van der Waals surface area (Å²) in [6.45, 7) is 23.8. The van der Waals surface area contributed by atoms with Crippen molar-refractivity contribution in [2.45, 2.75) is 75.0 Å². The average Bonchev–Trinajstić information content (AvgIpc) is 3.02. The molecule has 1 heterocycles. The lowest BCUT2D eigenvalue weighted by atomic mass is 10.0. The van der Waals surface area contributed by atoms with Gasteiger partial charge in [0.05, 0.1) is 5.02 Å². The first-order valence-electron chi connectivity index (χ1n) is 15.3. The lowest BCUT2D eigenvalue weighted by Crippen LogP contribution is -2.43. The molecule has 1 aliphatic heterocycles. The van der Waals surface area contributed by atoms with Gasteiger partial charge in [0.25, 0.3) is 0 Å². The van der Waals surface area contributed by atoms with Gasteiger partial charge in [0.2, 0.25) is 0 Å². The highest BCUT2D eigenvalue weighted by Crippen LogP contribution is 2.31. The van der Waals surface area contributed by atoms with Gasteiger partial charge < -0.3 is 20.7 Å². The summed E-state index contributed by atoms with van der Waals surface area (Å²) in [5.74, 6) is -0.0438. The van der Waals surface area contributed by atoms with E-state index in [0.29, 0.717) is 17.0 Å². The summed E-state index contributed by atoms with van der Waals surface area (Å²) in [5, 5.41) is 6.39. The van der Waals surface area contributed by atoms with Gasteiger partial charge in [0, 0.05) is 50.7 Å². The number of nitrogens with two attached hydrogens (primary N) is 1. The van der Waals surface area contributed by atoms with Crippen LogP contribution in [0, 0.1) is 12.7 Å². The molecule has 1 atom stereocenters. The Morgan fingerprint density at radius 3 is 2.19 bits per heavy atom. The maximum absolute atomic E-state index is 14.0. The Labute approximate surface area is 267 Å². The van der Waals surface area contributed by atoms with Crippen molar-refractivity contribution in [1.29, 1.82) is 0 Å². The molecule has 0 bridgehead atoms. The molecule has 0 saturated carbocycles. The number of aliphatic imine (C=N–C) groups is 1. The van der Waals surface area contributed by atoms with E-state index in [-0.39, 0.29) is 5.02 Å². The van der Waals surface area contributed by atoms with E-state index in [9.17, 15) is 4.39 Å². The van der Waals surface area contributed by atoms with E-state index in [1.807, 2.05) is 84.9 Å². The van der Waals surface area contributed by atoms with Crippen LogP contribution >= 0.6 is 11.6 Å². The zero-order valence-electron chi connectivity index (χ0n) is 28.7. The number of nitrogens with one attached hydrogen (secondary N) is 2. The number of benzene rings is 1. The largest absolute Gasteiger partial charge is 0.469 e. The van der Waals surface area contributed by atoms with Crippen molar-refractivity contribution in [3.8, 4) is 0 Å². The first kappa shape index (κ1) is 42.4. The summed E-state index contributed by atoms with van der Waals surface area (Å²) >= 11 is 6.21. The number of hydrogen-bond donors (Lipinski definition) is 3. The molecule has 2 rings (SSSR count). The molecule has 4 N–H and O–H groups in total. The lowest BCUT2D eigenvalue weighted by Gasteiger charge is -2.26. The highest BCUT2D eigenvalue weighted by atomic mass is 35.5. The normalized spacial score (nSPS) is 15.7. The van der Waals surface area contributed by atoms with Gasteiger partial charge in [-0.05, 0) is 90.4 Å². The van der Waals surface area contributed by atoms with Crippen LogP contribution in [-0.2, 0) is 4.74 Å². The number of nitrogens with zero attached hydrogens (tertiary/aromatic N) is 2. The maximum atomic E-state index is 14.0. The third kappa shape index (κ3) is 17.2. The lowest BCUT2D eigenvalue weighted by molar-refractivity contribution is 0.0990. The van der Waals surface area contributed by atoms with Gasteiger partial charge in [0.15, 0.2) is 6.23 Å².